The quantitative estimate of drug-likeness (QED) is 0.520. The largest absolute Gasteiger partial charge is 0.469 e. The van der Waals surface area contributed by atoms with Gasteiger partial charge in [-0.25, -0.2) is 0 Å². The molecule has 0 aromatic heterocycles. The van der Waals surface area contributed by atoms with Crippen LogP contribution < -0.4 is 0 Å². The molecule has 10 atom stereocenters. The van der Waals surface area contributed by atoms with Gasteiger partial charge in [-0.2, -0.15) is 0 Å². The lowest BCUT2D eigenvalue weighted by Gasteiger charge is -2.63. The van der Waals surface area contributed by atoms with Gasteiger partial charge in [0.05, 0.1) is 19.1 Å². The lowest BCUT2D eigenvalue weighted by molar-refractivity contribution is -0.240. The van der Waals surface area contributed by atoms with Crippen LogP contribution in [0.2, 0.25) is 0 Å². The van der Waals surface area contributed by atoms with Crippen molar-refractivity contribution in [2.75, 3.05) is 7.11 Å². The molecule has 180 valence electrons. The number of carbonyl (C=O) groups is 3. The summed E-state index contributed by atoms with van der Waals surface area (Å²) >= 11 is 0. The first-order valence-corrected chi connectivity index (χ1v) is 12.1. The number of hydrogen-bond donors (Lipinski definition) is 1. The maximum atomic E-state index is 12.6. The molecule has 4 saturated carbocycles. The van der Waals surface area contributed by atoms with Crippen LogP contribution in [-0.4, -0.2) is 48.4 Å². The van der Waals surface area contributed by atoms with Crippen molar-refractivity contribution in [2.24, 2.45) is 40.4 Å². The van der Waals surface area contributed by atoms with Crippen LogP contribution in [0.15, 0.2) is 0 Å². The SMILES string of the molecule is COC(=O)C1CC[C@H]2[C@@H]3CCC4CC(OC(C)=O)CC[C@]4(C)[C@H]3C(OC(C)=O)C(O)[C@]12C. The minimum Gasteiger partial charge on any atom is -0.469 e. The highest BCUT2D eigenvalue weighted by Gasteiger charge is 2.69. The van der Waals surface area contributed by atoms with Crippen LogP contribution in [0.3, 0.4) is 0 Å². The highest BCUT2D eigenvalue weighted by molar-refractivity contribution is 5.74. The number of carbonyl (C=O) groups excluding carboxylic acids is 3. The van der Waals surface area contributed by atoms with Crippen molar-refractivity contribution in [1.82, 2.24) is 0 Å². The fourth-order valence-corrected chi connectivity index (χ4v) is 8.46. The van der Waals surface area contributed by atoms with Crippen LogP contribution in [0.5, 0.6) is 0 Å². The minimum absolute atomic E-state index is 0.0212. The Hall–Kier alpha value is -1.63. The third-order valence-electron chi connectivity index (χ3n) is 9.81. The van der Waals surface area contributed by atoms with Crippen LogP contribution in [0.4, 0.5) is 0 Å². The minimum atomic E-state index is -0.925. The summed E-state index contributed by atoms with van der Waals surface area (Å²) < 4.78 is 16.5. The molecule has 0 aromatic rings. The third kappa shape index (κ3) is 3.46. The molecule has 4 aliphatic rings. The molecule has 0 amide bonds. The number of methoxy groups -OCH3 is 1. The number of ether oxygens (including phenoxy) is 3. The second-order valence-corrected chi connectivity index (χ2v) is 11.1. The predicted molar refractivity (Wildman–Crippen MR) is 115 cm³/mol. The third-order valence-corrected chi connectivity index (χ3v) is 9.81. The molecule has 1 N–H and O–H groups in total. The van der Waals surface area contributed by atoms with E-state index in [1.807, 2.05) is 6.92 Å². The van der Waals surface area contributed by atoms with E-state index < -0.39 is 29.5 Å². The van der Waals surface area contributed by atoms with Crippen LogP contribution in [0.25, 0.3) is 0 Å². The maximum absolute atomic E-state index is 12.6. The summed E-state index contributed by atoms with van der Waals surface area (Å²) in [4.78, 5) is 36.3. The fourth-order valence-electron chi connectivity index (χ4n) is 8.46. The highest BCUT2D eigenvalue weighted by atomic mass is 16.6. The number of fused-ring (bicyclic) bond motifs is 5. The molecule has 0 bridgehead atoms. The van der Waals surface area contributed by atoms with Gasteiger partial charge in [0.2, 0.25) is 0 Å². The molecule has 0 aliphatic heterocycles. The topological polar surface area (TPSA) is 99.1 Å². The summed E-state index contributed by atoms with van der Waals surface area (Å²) in [5.41, 5.74) is -0.794. The Morgan fingerprint density at radius 1 is 0.938 bits per heavy atom. The van der Waals surface area contributed by atoms with E-state index in [1.165, 1.54) is 21.0 Å². The van der Waals surface area contributed by atoms with Gasteiger partial charge in [-0.05, 0) is 68.1 Å². The number of aliphatic hydroxyl groups excluding tert-OH is 1. The van der Waals surface area contributed by atoms with Crippen molar-refractivity contribution in [3.63, 3.8) is 0 Å². The van der Waals surface area contributed by atoms with Crippen LogP contribution in [0.1, 0.15) is 72.6 Å². The van der Waals surface area contributed by atoms with Crippen molar-refractivity contribution < 1.29 is 33.7 Å². The zero-order chi connectivity index (χ0) is 23.4. The summed E-state index contributed by atoms with van der Waals surface area (Å²) in [5, 5.41) is 11.7. The van der Waals surface area contributed by atoms with Gasteiger partial charge in [-0.15, -0.1) is 0 Å². The fraction of sp³-hybridized carbons (Fsp3) is 0.880. The number of rotatable bonds is 3. The van der Waals surface area contributed by atoms with Crippen molar-refractivity contribution >= 4 is 17.9 Å². The van der Waals surface area contributed by atoms with Gasteiger partial charge in [0.25, 0.3) is 0 Å². The van der Waals surface area contributed by atoms with Gasteiger partial charge in [-0.1, -0.05) is 13.8 Å². The smallest absolute Gasteiger partial charge is 0.309 e. The van der Waals surface area contributed by atoms with E-state index in [-0.39, 0.29) is 41.2 Å². The molecule has 0 heterocycles. The van der Waals surface area contributed by atoms with E-state index in [0.717, 1.165) is 38.5 Å². The average Bonchev–Trinajstić information content (AvgIpc) is 3.08. The zero-order valence-corrected chi connectivity index (χ0v) is 20.0. The first kappa shape index (κ1) is 23.5. The molecular weight excluding hydrogens is 412 g/mol. The van der Waals surface area contributed by atoms with Crippen LogP contribution in [0, 0.1) is 40.4 Å². The van der Waals surface area contributed by atoms with Gasteiger partial charge in [0.15, 0.2) is 0 Å². The molecule has 5 unspecified atom stereocenters. The van der Waals surface area contributed by atoms with E-state index in [2.05, 4.69) is 6.92 Å². The molecule has 0 spiro atoms. The maximum Gasteiger partial charge on any atom is 0.309 e. The lowest BCUT2D eigenvalue weighted by atomic mass is 9.43. The van der Waals surface area contributed by atoms with Crippen molar-refractivity contribution in [3.05, 3.63) is 0 Å². The van der Waals surface area contributed by atoms with Gasteiger partial charge < -0.3 is 19.3 Å². The first-order chi connectivity index (χ1) is 15.0. The molecule has 0 saturated heterocycles. The Bertz CT molecular complexity index is 780. The second kappa shape index (κ2) is 8.30. The van der Waals surface area contributed by atoms with Crippen molar-refractivity contribution in [2.45, 2.75) is 91.0 Å². The monoisotopic (exact) mass is 450 g/mol. The zero-order valence-electron chi connectivity index (χ0n) is 20.0. The number of aliphatic hydroxyl groups is 1. The van der Waals surface area contributed by atoms with Gasteiger partial charge in [-0.3, -0.25) is 14.4 Å². The van der Waals surface area contributed by atoms with Gasteiger partial charge >= 0.3 is 17.9 Å². The molecule has 0 aromatic carbocycles. The van der Waals surface area contributed by atoms with Crippen LogP contribution >= 0.6 is 0 Å². The number of esters is 3. The van der Waals surface area contributed by atoms with E-state index in [9.17, 15) is 19.5 Å². The molecule has 4 rings (SSSR count). The Labute approximate surface area is 190 Å². The Morgan fingerprint density at radius 2 is 1.62 bits per heavy atom. The summed E-state index contributed by atoms with van der Waals surface area (Å²) in [6, 6.07) is 0. The van der Waals surface area contributed by atoms with Crippen molar-refractivity contribution in [3.8, 4) is 0 Å². The van der Waals surface area contributed by atoms with Crippen molar-refractivity contribution in [1.29, 1.82) is 0 Å². The summed E-state index contributed by atoms with van der Waals surface area (Å²) in [6.07, 6.45) is 4.37. The Kier molecular flexibility index (Phi) is 6.10. The van der Waals surface area contributed by atoms with E-state index in [0.29, 0.717) is 12.3 Å². The Balaban J connectivity index is 1.70. The first-order valence-electron chi connectivity index (χ1n) is 12.1. The molecule has 7 heteroatoms. The van der Waals surface area contributed by atoms with E-state index in [4.69, 9.17) is 14.2 Å². The average molecular weight is 451 g/mol. The Morgan fingerprint density at radius 3 is 2.25 bits per heavy atom. The molecular formula is C25H38O7. The summed E-state index contributed by atoms with van der Waals surface area (Å²) in [6.45, 7) is 7.12. The molecule has 0 radical (unpaired) electrons. The summed E-state index contributed by atoms with van der Waals surface area (Å²) in [7, 11) is 1.40. The standard InChI is InChI=1S/C25H38O7/c1-13(26)31-16-10-11-24(3)15(12-16)6-7-17-18-8-9-19(23(29)30-5)25(18,4)22(28)21(20(17)24)32-14(2)27/h15-22,28H,6-12H2,1-5H3/t15?,16?,17-,18-,19?,20+,21?,22?,24-,25-/m0/s1. The van der Waals surface area contributed by atoms with Crippen LogP contribution in [-0.2, 0) is 28.6 Å². The molecule has 4 fully saturated rings. The number of hydrogen-bond acceptors (Lipinski definition) is 7. The molecule has 32 heavy (non-hydrogen) atoms. The second-order valence-electron chi connectivity index (χ2n) is 11.1. The summed E-state index contributed by atoms with van der Waals surface area (Å²) in [5.74, 6) is -0.499. The molecule has 7 nitrogen and oxygen atoms in total. The predicted octanol–water partition coefficient (Wildman–Crippen LogP) is 3.26. The van der Waals surface area contributed by atoms with E-state index >= 15 is 0 Å². The highest BCUT2D eigenvalue weighted by Crippen LogP contribution is 2.68. The lowest BCUT2D eigenvalue weighted by Crippen LogP contribution is -2.66. The van der Waals surface area contributed by atoms with Gasteiger partial charge in [0.1, 0.15) is 12.2 Å². The van der Waals surface area contributed by atoms with E-state index in [1.54, 1.807) is 0 Å². The normalized spacial score (nSPS) is 47.4. The molecule has 4 aliphatic carbocycles. The van der Waals surface area contributed by atoms with Gasteiger partial charge in [0, 0.05) is 25.2 Å².